The average molecular weight is 274 g/mol. The maximum atomic E-state index is 12.2. The first-order chi connectivity index (χ1) is 9.83. The van der Waals surface area contributed by atoms with Crippen LogP contribution in [0.2, 0.25) is 0 Å². The van der Waals surface area contributed by atoms with Crippen LogP contribution in [0.4, 0.5) is 0 Å². The highest BCUT2D eigenvalue weighted by molar-refractivity contribution is 5.82. The van der Waals surface area contributed by atoms with Crippen molar-refractivity contribution in [1.82, 2.24) is 10.6 Å². The van der Waals surface area contributed by atoms with Gasteiger partial charge in [0.05, 0.1) is 12.1 Å². The van der Waals surface area contributed by atoms with Crippen molar-refractivity contribution in [1.29, 1.82) is 0 Å². The molecule has 1 saturated heterocycles. The van der Waals surface area contributed by atoms with E-state index >= 15 is 0 Å². The van der Waals surface area contributed by atoms with E-state index in [1.54, 1.807) is 0 Å². The number of carbonyl (C=O) groups excluding carboxylic acids is 1. The molecule has 0 radical (unpaired) electrons. The highest BCUT2D eigenvalue weighted by atomic mass is 16.5. The van der Waals surface area contributed by atoms with Gasteiger partial charge in [0.2, 0.25) is 5.91 Å². The lowest BCUT2D eigenvalue weighted by molar-refractivity contribution is -0.124. The van der Waals surface area contributed by atoms with Gasteiger partial charge in [0.25, 0.3) is 0 Å². The highest BCUT2D eigenvalue weighted by Crippen LogP contribution is 2.16. The Morgan fingerprint density at radius 2 is 2.15 bits per heavy atom. The topological polar surface area (TPSA) is 50.4 Å². The number of benzene rings is 1. The van der Waals surface area contributed by atoms with E-state index in [1.807, 2.05) is 12.1 Å². The Bertz CT molecular complexity index is 469. The Morgan fingerprint density at radius 1 is 1.30 bits per heavy atom. The molecule has 1 aromatic rings. The fourth-order valence-electron chi connectivity index (χ4n) is 2.95. The lowest BCUT2D eigenvalue weighted by Crippen LogP contribution is -2.49. The first-order valence-electron chi connectivity index (χ1n) is 7.52. The monoisotopic (exact) mass is 274 g/mol. The van der Waals surface area contributed by atoms with E-state index in [1.165, 1.54) is 17.5 Å². The van der Waals surface area contributed by atoms with Gasteiger partial charge in [-0.25, -0.2) is 0 Å². The molecule has 0 saturated carbocycles. The summed E-state index contributed by atoms with van der Waals surface area (Å²) in [4.78, 5) is 12.2. The molecule has 1 amide bonds. The Balaban J connectivity index is 1.51. The van der Waals surface area contributed by atoms with Gasteiger partial charge in [0.15, 0.2) is 0 Å². The van der Waals surface area contributed by atoms with Crippen LogP contribution in [-0.4, -0.2) is 31.2 Å². The van der Waals surface area contributed by atoms with Gasteiger partial charge >= 0.3 is 0 Å². The first kappa shape index (κ1) is 13.6. The molecule has 2 heterocycles. The minimum atomic E-state index is -0.117. The largest absolute Gasteiger partial charge is 0.376 e. The third kappa shape index (κ3) is 3.19. The SMILES string of the molecule is O=C(NCC1CCCCO1)[C@@H]1Cc2ccccc2CN1. The fraction of sp³-hybridized carbons (Fsp3) is 0.562. The Labute approximate surface area is 119 Å². The lowest BCUT2D eigenvalue weighted by Gasteiger charge is -2.27. The quantitative estimate of drug-likeness (QED) is 0.875. The Hall–Kier alpha value is -1.39. The maximum Gasteiger partial charge on any atom is 0.237 e. The lowest BCUT2D eigenvalue weighted by atomic mass is 9.95. The van der Waals surface area contributed by atoms with Crippen molar-refractivity contribution in [2.24, 2.45) is 0 Å². The summed E-state index contributed by atoms with van der Waals surface area (Å²) >= 11 is 0. The summed E-state index contributed by atoms with van der Waals surface area (Å²) in [6.45, 7) is 2.24. The van der Waals surface area contributed by atoms with Gasteiger partial charge in [0.1, 0.15) is 0 Å². The van der Waals surface area contributed by atoms with Crippen LogP contribution in [0.5, 0.6) is 0 Å². The van der Waals surface area contributed by atoms with Crippen LogP contribution < -0.4 is 10.6 Å². The number of amides is 1. The minimum absolute atomic E-state index is 0.0914. The maximum absolute atomic E-state index is 12.2. The van der Waals surface area contributed by atoms with Crippen molar-refractivity contribution in [3.63, 3.8) is 0 Å². The molecule has 2 atom stereocenters. The summed E-state index contributed by atoms with van der Waals surface area (Å²) in [5.74, 6) is 0.0914. The van der Waals surface area contributed by atoms with Gasteiger partial charge in [-0.3, -0.25) is 4.79 Å². The van der Waals surface area contributed by atoms with Crippen LogP contribution in [0.1, 0.15) is 30.4 Å². The van der Waals surface area contributed by atoms with Gasteiger partial charge in [-0.15, -0.1) is 0 Å². The number of ether oxygens (including phenoxy) is 1. The Kier molecular flexibility index (Phi) is 4.33. The molecule has 0 bridgehead atoms. The summed E-state index contributed by atoms with van der Waals surface area (Å²) in [6, 6.07) is 8.19. The van der Waals surface area contributed by atoms with Gasteiger partial charge < -0.3 is 15.4 Å². The van der Waals surface area contributed by atoms with Gasteiger partial charge in [-0.2, -0.15) is 0 Å². The standard InChI is InChI=1S/C16H22N2O2/c19-16(18-11-14-7-3-4-8-20-14)15-9-12-5-1-2-6-13(12)10-17-15/h1-2,5-6,14-15,17H,3-4,7-11H2,(H,18,19)/t14?,15-/m0/s1. The van der Waals surface area contributed by atoms with Crippen LogP contribution in [0.15, 0.2) is 24.3 Å². The predicted molar refractivity (Wildman–Crippen MR) is 77.4 cm³/mol. The summed E-state index contributed by atoms with van der Waals surface area (Å²) < 4.78 is 5.64. The van der Waals surface area contributed by atoms with Crippen molar-refractivity contribution < 1.29 is 9.53 Å². The smallest absolute Gasteiger partial charge is 0.237 e. The Morgan fingerprint density at radius 3 is 2.95 bits per heavy atom. The minimum Gasteiger partial charge on any atom is -0.376 e. The average Bonchev–Trinajstić information content (AvgIpc) is 2.53. The molecule has 1 unspecified atom stereocenters. The third-order valence-electron chi connectivity index (χ3n) is 4.18. The molecule has 0 aliphatic carbocycles. The molecule has 2 N–H and O–H groups in total. The normalized spacial score (nSPS) is 25.8. The van der Waals surface area contributed by atoms with Crippen molar-refractivity contribution in [3.05, 3.63) is 35.4 Å². The third-order valence-corrected chi connectivity index (χ3v) is 4.18. The van der Waals surface area contributed by atoms with Gasteiger partial charge in [-0.05, 0) is 36.8 Å². The number of hydrogen-bond acceptors (Lipinski definition) is 3. The molecule has 0 spiro atoms. The second-order valence-electron chi connectivity index (χ2n) is 5.64. The van der Waals surface area contributed by atoms with E-state index in [4.69, 9.17) is 4.74 Å². The molecule has 4 nitrogen and oxygen atoms in total. The zero-order valence-electron chi connectivity index (χ0n) is 11.7. The zero-order valence-corrected chi connectivity index (χ0v) is 11.7. The molecule has 3 rings (SSSR count). The van der Waals surface area contributed by atoms with Crippen molar-refractivity contribution in [3.8, 4) is 0 Å². The molecule has 20 heavy (non-hydrogen) atoms. The molecule has 1 fully saturated rings. The highest BCUT2D eigenvalue weighted by Gasteiger charge is 2.24. The van der Waals surface area contributed by atoms with Crippen molar-refractivity contribution in [2.75, 3.05) is 13.2 Å². The van der Waals surface area contributed by atoms with Crippen molar-refractivity contribution in [2.45, 2.75) is 44.4 Å². The summed E-state index contributed by atoms with van der Waals surface area (Å²) in [5.41, 5.74) is 2.58. The zero-order chi connectivity index (χ0) is 13.8. The van der Waals surface area contributed by atoms with Gasteiger partial charge in [-0.1, -0.05) is 24.3 Å². The number of nitrogens with one attached hydrogen (secondary N) is 2. The molecule has 108 valence electrons. The van der Waals surface area contributed by atoms with Gasteiger partial charge in [0, 0.05) is 19.7 Å². The fourth-order valence-corrected chi connectivity index (χ4v) is 2.95. The summed E-state index contributed by atoms with van der Waals surface area (Å²) in [6.07, 6.45) is 4.37. The molecule has 2 aliphatic heterocycles. The van der Waals surface area contributed by atoms with Crippen molar-refractivity contribution >= 4 is 5.91 Å². The summed E-state index contributed by atoms with van der Waals surface area (Å²) in [7, 11) is 0. The van der Waals surface area contributed by atoms with Crippen LogP contribution in [0.25, 0.3) is 0 Å². The molecular formula is C16H22N2O2. The van der Waals surface area contributed by atoms with E-state index < -0.39 is 0 Å². The van der Waals surface area contributed by atoms with E-state index in [0.717, 1.165) is 32.4 Å². The predicted octanol–water partition coefficient (Wildman–Crippen LogP) is 1.39. The molecule has 0 aromatic heterocycles. The van der Waals surface area contributed by atoms with E-state index in [2.05, 4.69) is 22.8 Å². The molecule has 2 aliphatic rings. The molecule has 1 aromatic carbocycles. The number of carbonyl (C=O) groups is 1. The van der Waals surface area contributed by atoms with Crippen LogP contribution in [-0.2, 0) is 22.5 Å². The summed E-state index contributed by atoms with van der Waals surface area (Å²) in [5, 5.41) is 6.34. The van der Waals surface area contributed by atoms with Crippen LogP contribution >= 0.6 is 0 Å². The van der Waals surface area contributed by atoms with E-state index in [-0.39, 0.29) is 18.1 Å². The number of fused-ring (bicyclic) bond motifs is 1. The van der Waals surface area contributed by atoms with E-state index in [9.17, 15) is 4.79 Å². The van der Waals surface area contributed by atoms with Crippen LogP contribution in [0, 0.1) is 0 Å². The molecule has 4 heteroatoms. The number of rotatable bonds is 3. The molecular weight excluding hydrogens is 252 g/mol. The van der Waals surface area contributed by atoms with Crippen LogP contribution in [0.3, 0.4) is 0 Å². The second kappa shape index (κ2) is 6.37. The first-order valence-corrected chi connectivity index (χ1v) is 7.52. The van der Waals surface area contributed by atoms with E-state index in [0.29, 0.717) is 6.54 Å². The second-order valence-corrected chi connectivity index (χ2v) is 5.64. The number of hydrogen-bond donors (Lipinski definition) is 2.